The van der Waals surface area contributed by atoms with Gasteiger partial charge in [0.15, 0.2) is 0 Å². The highest BCUT2D eigenvalue weighted by atomic mass is 16.5. The van der Waals surface area contributed by atoms with Gasteiger partial charge in [-0.25, -0.2) is 0 Å². The Kier molecular flexibility index (Phi) is 1.75. The highest BCUT2D eigenvalue weighted by molar-refractivity contribution is 5.66. The lowest BCUT2D eigenvalue weighted by molar-refractivity contribution is -0.140. The minimum atomic E-state index is -0.192. The molecule has 0 aromatic rings. The van der Waals surface area contributed by atoms with Gasteiger partial charge in [-0.2, -0.15) is 0 Å². The van der Waals surface area contributed by atoms with E-state index < -0.39 is 0 Å². The van der Waals surface area contributed by atoms with E-state index in [0.717, 1.165) is 0 Å². The molecular formula is C10H12O2. The van der Waals surface area contributed by atoms with Crippen LogP contribution in [0.5, 0.6) is 0 Å². The van der Waals surface area contributed by atoms with Crippen LogP contribution in [0.4, 0.5) is 0 Å². The van der Waals surface area contributed by atoms with Gasteiger partial charge in [0.05, 0.1) is 0 Å². The summed E-state index contributed by atoms with van der Waals surface area (Å²) in [6.45, 7) is 1.93. The zero-order valence-electron chi connectivity index (χ0n) is 7.12. The van der Waals surface area contributed by atoms with Crippen LogP contribution < -0.4 is 0 Å². The molecule has 0 saturated heterocycles. The molecule has 0 amide bonds. The number of ether oxygens (including phenoxy) is 1. The molecule has 12 heavy (non-hydrogen) atoms. The van der Waals surface area contributed by atoms with E-state index in [-0.39, 0.29) is 5.97 Å². The van der Waals surface area contributed by atoms with Gasteiger partial charge in [-0.05, 0) is 17.9 Å². The molecule has 2 heteroatoms. The first-order chi connectivity index (χ1) is 5.75. The van der Waals surface area contributed by atoms with E-state index in [1.165, 1.54) is 18.9 Å². The Balaban J connectivity index is 1.91. The first kappa shape index (κ1) is 7.59. The van der Waals surface area contributed by atoms with E-state index in [1.807, 2.05) is 0 Å². The minimum absolute atomic E-state index is 0.192. The van der Waals surface area contributed by atoms with Crippen molar-refractivity contribution in [3.63, 3.8) is 0 Å². The van der Waals surface area contributed by atoms with E-state index in [9.17, 15) is 4.79 Å². The monoisotopic (exact) mass is 164 g/mol. The maximum atomic E-state index is 10.5. The average molecular weight is 164 g/mol. The van der Waals surface area contributed by atoms with Crippen molar-refractivity contribution < 1.29 is 9.53 Å². The van der Waals surface area contributed by atoms with E-state index in [1.54, 1.807) is 0 Å². The fourth-order valence-corrected chi connectivity index (χ4v) is 1.86. The second kappa shape index (κ2) is 2.77. The normalized spacial score (nSPS) is 30.6. The third kappa shape index (κ3) is 1.29. The summed E-state index contributed by atoms with van der Waals surface area (Å²) < 4.78 is 4.94. The number of esters is 1. The number of fused-ring (bicyclic) bond motifs is 2. The zero-order chi connectivity index (χ0) is 8.55. The van der Waals surface area contributed by atoms with Crippen molar-refractivity contribution >= 4 is 5.97 Å². The molecule has 0 heterocycles. The Bertz CT molecular complexity index is 263. The van der Waals surface area contributed by atoms with Crippen LogP contribution >= 0.6 is 0 Å². The Hall–Kier alpha value is -1.05. The third-order valence-electron chi connectivity index (χ3n) is 2.46. The van der Waals surface area contributed by atoms with E-state index in [0.29, 0.717) is 18.4 Å². The van der Waals surface area contributed by atoms with Gasteiger partial charge in [0, 0.05) is 12.8 Å². The molecule has 2 bridgehead atoms. The summed E-state index contributed by atoms with van der Waals surface area (Å²) in [6, 6.07) is 0. The lowest BCUT2D eigenvalue weighted by atomic mass is 10.0. The maximum Gasteiger partial charge on any atom is 0.302 e. The first-order valence-corrected chi connectivity index (χ1v) is 4.28. The van der Waals surface area contributed by atoms with Gasteiger partial charge >= 0.3 is 5.97 Å². The van der Waals surface area contributed by atoms with Crippen molar-refractivity contribution in [1.82, 2.24) is 0 Å². The maximum absolute atomic E-state index is 10.5. The molecule has 2 aliphatic rings. The Morgan fingerprint density at radius 3 is 3.00 bits per heavy atom. The average Bonchev–Trinajstić information content (AvgIpc) is 2.60. The fraction of sp³-hybridized carbons (Fsp3) is 0.500. The molecule has 64 valence electrons. The largest absolute Gasteiger partial charge is 0.461 e. The van der Waals surface area contributed by atoms with Gasteiger partial charge in [-0.1, -0.05) is 18.2 Å². The van der Waals surface area contributed by atoms with Crippen molar-refractivity contribution in [2.75, 3.05) is 6.61 Å². The van der Waals surface area contributed by atoms with Crippen molar-refractivity contribution in [1.29, 1.82) is 0 Å². The number of allylic oxidation sites excluding steroid dienone is 3. The fourth-order valence-electron chi connectivity index (χ4n) is 1.86. The quantitative estimate of drug-likeness (QED) is 0.458. The van der Waals surface area contributed by atoms with Crippen LogP contribution in [0.15, 0.2) is 23.8 Å². The standard InChI is InChI=1S/C10H12O2/c1-7(11)12-6-10-5-8-2-3-9(10)4-8/h2-3,5,8-9H,4,6H2,1H3/t8-,9+/m0/s1. The highest BCUT2D eigenvalue weighted by Crippen LogP contribution is 2.37. The van der Waals surface area contributed by atoms with Crippen LogP contribution in [0.3, 0.4) is 0 Å². The molecule has 0 aromatic carbocycles. The number of carbonyl (C=O) groups excluding carboxylic acids is 1. The first-order valence-electron chi connectivity index (χ1n) is 4.28. The highest BCUT2D eigenvalue weighted by Gasteiger charge is 2.27. The molecule has 0 radical (unpaired) electrons. The van der Waals surface area contributed by atoms with Gasteiger partial charge in [0.2, 0.25) is 0 Å². The predicted molar refractivity (Wildman–Crippen MR) is 45.5 cm³/mol. The van der Waals surface area contributed by atoms with Crippen LogP contribution in [0.25, 0.3) is 0 Å². The molecule has 0 fully saturated rings. The molecule has 0 unspecified atom stereocenters. The third-order valence-corrected chi connectivity index (χ3v) is 2.46. The molecule has 2 nitrogen and oxygen atoms in total. The minimum Gasteiger partial charge on any atom is -0.461 e. The Morgan fingerprint density at radius 2 is 2.50 bits per heavy atom. The summed E-state index contributed by atoms with van der Waals surface area (Å²) in [6.07, 6.45) is 7.84. The van der Waals surface area contributed by atoms with Gasteiger partial charge in [0.1, 0.15) is 6.61 Å². The van der Waals surface area contributed by atoms with Gasteiger partial charge in [0.25, 0.3) is 0 Å². The van der Waals surface area contributed by atoms with Crippen molar-refractivity contribution in [3.05, 3.63) is 23.8 Å². The zero-order valence-corrected chi connectivity index (χ0v) is 7.12. The van der Waals surface area contributed by atoms with Crippen molar-refractivity contribution in [2.24, 2.45) is 11.8 Å². The van der Waals surface area contributed by atoms with Gasteiger partial charge < -0.3 is 4.74 Å². The van der Waals surface area contributed by atoms with Crippen LogP contribution in [-0.4, -0.2) is 12.6 Å². The molecule has 0 aliphatic heterocycles. The van der Waals surface area contributed by atoms with Crippen molar-refractivity contribution in [2.45, 2.75) is 13.3 Å². The summed E-state index contributed by atoms with van der Waals surface area (Å²) in [5.74, 6) is 0.970. The van der Waals surface area contributed by atoms with Gasteiger partial charge in [-0.3, -0.25) is 4.79 Å². The predicted octanol–water partition coefficient (Wildman–Crippen LogP) is 1.68. The van der Waals surface area contributed by atoms with E-state index >= 15 is 0 Å². The second-order valence-electron chi connectivity index (χ2n) is 3.41. The number of rotatable bonds is 2. The van der Waals surface area contributed by atoms with Crippen LogP contribution in [-0.2, 0) is 9.53 Å². The molecule has 0 aromatic heterocycles. The topological polar surface area (TPSA) is 26.3 Å². The van der Waals surface area contributed by atoms with E-state index in [4.69, 9.17) is 4.74 Å². The summed E-state index contributed by atoms with van der Waals surface area (Å²) in [5, 5.41) is 0. The molecule has 2 aliphatic carbocycles. The molecule has 0 spiro atoms. The van der Waals surface area contributed by atoms with Crippen LogP contribution in [0, 0.1) is 11.8 Å². The van der Waals surface area contributed by atoms with Crippen LogP contribution in [0.1, 0.15) is 13.3 Å². The molecule has 2 rings (SSSR count). The Labute approximate surface area is 71.9 Å². The number of hydrogen-bond donors (Lipinski definition) is 0. The number of carbonyl (C=O) groups is 1. The molecule has 0 saturated carbocycles. The van der Waals surface area contributed by atoms with Crippen molar-refractivity contribution in [3.8, 4) is 0 Å². The summed E-state index contributed by atoms with van der Waals surface area (Å²) in [4.78, 5) is 10.5. The summed E-state index contributed by atoms with van der Waals surface area (Å²) in [5.41, 5.74) is 1.28. The summed E-state index contributed by atoms with van der Waals surface area (Å²) >= 11 is 0. The lowest BCUT2D eigenvalue weighted by Crippen LogP contribution is -2.06. The van der Waals surface area contributed by atoms with E-state index in [2.05, 4.69) is 18.2 Å². The van der Waals surface area contributed by atoms with Crippen LogP contribution in [0.2, 0.25) is 0 Å². The molecule has 0 N–H and O–H groups in total. The molecular weight excluding hydrogens is 152 g/mol. The van der Waals surface area contributed by atoms with Gasteiger partial charge in [-0.15, -0.1) is 0 Å². The Morgan fingerprint density at radius 1 is 1.67 bits per heavy atom. The summed E-state index contributed by atoms with van der Waals surface area (Å²) in [7, 11) is 0. The molecule has 2 atom stereocenters. The lowest BCUT2D eigenvalue weighted by Gasteiger charge is -2.08. The number of hydrogen-bond acceptors (Lipinski definition) is 2. The second-order valence-corrected chi connectivity index (χ2v) is 3.41. The SMILES string of the molecule is CC(=O)OCC1=C[C@H]2C=C[C@@H]1C2. The smallest absolute Gasteiger partial charge is 0.302 e.